The smallest absolute Gasteiger partial charge is 0.171 e. The first kappa shape index (κ1) is 15.7. The second-order valence-corrected chi connectivity index (χ2v) is 0.500. The van der Waals surface area contributed by atoms with E-state index in [1.165, 1.54) is 0 Å². The predicted molar refractivity (Wildman–Crippen MR) is 30.6 cm³/mol. The maximum atomic E-state index is 6.26. The summed E-state index contributed by atoms with van der Waals surface area (Å²) in [5.74, 6) is 0. The van der Waals surface area contributed by atoms with Crippen LogP contribution in [0.5, 0.6) is 0 Å². The minimum Gasteiger partial charge on any atom is -0.679 e. The van der Waals surface area contributed by atoms with Gasteiger partial charge < -0.3 is 18.9 Å². The molecule has 0 radical (unpaired) electrons. The molecule has 0 aromatic rings. The summed E-state index contributed by atoms with van der Waals surface area (Å²) in [7, 11) is 4.57. The molecule has 0 aromatic heterocycles. The SMILES string of the molecule is [CH3-].[Cl][Ru+3].[NH-]CC[NH-]. The van der Waals surface area contributed by atoms with Gasteiger partial charge in [-0.25, -0.2) is 0 Å². The van der Waals surface area contributed by atoms with E-state index in [0.29, 0.717) is 0 Å². The van der Waals surface area contributed by atoms with Crippen LogP contribution in [0.3, 0.4) is 0 Å². The van der Waals surface area contributed by atoms with Crippen molar-refractivity contribution in [3.05, 3.63) is 18.9 Å². The van der Waals surface area contributed by atoms with Gasteiger partial charge in [-0.1, -0.05) is 0 Å². The average Bonchev–Trinajstić information content (AvgIpc) is 1.72. The predicted octanol–water partition coefficient (Wildman–Crippen LogP) is 2.23. The summed E-state index contributed by atoms with van der Waals surface area (Å²) in [5, 5.41) is 0. The molecule has 0 aromatic carbocycles. The Hall–Kier alpha value is 0.833. The van der Waals surface area contributed by atoms with Crippen molar-refractivity contribution in [2.45, 2.75) is 0 Å². The van der Waals surface area contributed by atoms with Gasteiger partial charge in [-0.05, 0) is 0 Å². The molecule has 2 N–H and O–H groups in total. The van der Waals surface area contributed by atoms with Crippen LogP contribution in [-0.2, 0) is 17.3 Å². The molecule has 7 heavy (non-hydrogen) atoms. The van der Waals surface area contributed by atoms with Crippen LogP contribution in [-0.4, -0.2) is 13.1 Å². The minimum absolute atomic E-state index is 0. The Morgan fingerprint density at radius 2 is 1.29 bits per heavy atom. The van der Waals surface area contributed by atoms with Gasteiger partial charge in [-0.3, -0.25) is 0 Å². The minimum atomic E-state index is 0. The molecule has 0 aliphatic rings. The molecule has 0 saturated carbocycles. The second-order valence-electron chi connectivity index (χ2n) is 0.500. The Morgan fingerprint density at radius 3 is 1.29 bits per heavy atom. The standard InChI is InChI=1S/C2H6N2.CH3.ClH.Ru/c3-1-2-4;;;/h3-4H,1-2H2;1H3;1H;/q-2;-1;;+4/p-1. The Kier molecular flexibility index (Phi) is 64.8. The number of hydrogen-bond donors (Lipinski definition) is 0. The third-order valence-electron chi connectivity index (χ3n) is 0.125. The summed E-state index contributed by atoms with van der Waals surface area (Å²) in [4.78, 5) is 0. The topological polar surface area (TPSA) is 47.6 Å². The van der Waals surface area contributed by atoms with Crippen LogP contribution in [0.2, 0.25) is 0 Å². The van der Waals surface area contributed by atoms with Gasteiger partial charge in [0.25, 0.3) is 0 Å². The van der Waals surface area contributed by atoms with E-state index in [0.717, 1.165) is 0 Å². The van der Waals surface area contributed by atoms with Crippen LogP contribution < -0.4 is 0 Å². The van der Waals surface area contributed by atoms with Crippen LogP contribution in [0.25, 0.3) is 11.5 Å². The monoisotopic (exact) mass is 210 g/mol. The molecule has 0 saturated heterocycles. The summed E-state index contributed by atoms with van der Waals surface area (Å²) >= 11 is 1.82. The van der Waals surface area contributed by atoms with Crippen molar-refractivity contribution in [1.82, 2.24) is 0 Å². The third-order valence-corrected chi connectivity index (χ3v) is 0.125. The second kappa shape index (κ2) is 29.0. The molecule has 0 aliphatic carbocycles. The van der Waals surface area contributed by atoms with Crippen molar-refractivity contribution < 1.29 is 17.3 Å². The fourth-order valence-electron chi connectivity index (χ4n) is 0. The molecule has 2 nitrogen and oxygen atoms in total. The van der Waals surface area contributed by atoms with Crippen LogP contribution in [0.1, 0.15) is 0 Å². The fraction of sp³-hybridized carbons (Fsp3) is 0.667. The summed E-state index contributed by atoms with van der Waals surface area (Å²) in [6.45, 7) is 0.472. The quantitative estimate of drug-likeness (QED) is 0.470. The molecule has 0 aliphatic heterocycles. The number of halogens is 1. The molecule has 0 unspecified atom stereocenters. The zero-order valence-corrected chi connectivity index (χ0v) is 6.64. The number of nitrogens with one attached hydrogen (secondary N) is 2. The van der Waals surface area contributed by atoms with Gasteiger partial charge in [-0.2, -0.15) is 13.1 Å². The van der Waals surface area contributed by atoms with E-state index in [4.69, 9.17) is 11.5 Å². The van der Waals surface area contributed by atoms with Crippen molar-refractivity contribution in [2.75, 3.05) is 13.1 Å². The van der Waals surface area contributed by atoms with Crippen LogP contribution >= 0.6 is 9.69 Å². The third kappa shape index (κ3) is 47.5. The summed E-state index contributed by atoms with van der Waals surface area (Å²) < 4.78 is 0. The van der Waals surface area contributed by atoms with E-state index in [1.54, 1.807) is 0 Å². The average molecular weight is 210 g/mol. The van der Waals surface area contributed by atoms with Crippen molar-refractivity contribution in [3.63, 3.8) is 0 Å². The Bertz CT molecular complexity index is 14.9. The van der Waals surface area contributed by atoms with Crippen molar-refractivity contribution >= 4 is 9.69 Å². The molecule has 0 atom stereocenters. The molecule has 0 amide bonds. The Labute approximate surface area is 59.3 Å². The van der Waals surface area contributed by atoms with Crippen LogP contribution in [0.15, 0.2) is 0 Å². The van der Waals surface area contributed by atoms with E-state index >= 15 is 0 Å². The molecular formula is C3H9ClN2Ru. The van der Waals surface area contributed by atoms with Crippen LogP contribution in [0.4, 0.5) is 0 Å². The molecule has 4 heteroatoms. The van der Waals surface area contributed by atoms with E-state index in [-0.39, 0.29) is 20.5 Å². The van der Waals surface area contributed by atoms with Crippen molar-refractivity contribution in [1.29, 1.82) is 0 Å². The molecular weight excluding hydrogens is 201 g/mol. The number of rotatable bonds is 1. The largest absolute Gasteiger partial charge is 0.679 e. The Morgan fingerprint density at radius 1 is 1.14 bits per heavy atom. The molecule has 0 spiro atoms. The van der Waals surface area contributed by atoms with E-state index in [9.17, 15) is 0 Å². The maximum Gasteiger partial charge on any atom is -0.171 e. The molecule has 0 fully saturated rings. The van der Waals surface area contributed by atoms with Gasteiger partial charge >= 0.3 is 27.0 Å². The van der Waals surface area contributed by atoms with E-state index in [1.807, 2.05) is 17.3 Å². The fourth-order valence-corrected chi connectivity index (χ4v) is 0. The molecule has 46 valence electrons. The zero-order chi connectivity index (χ0) is 5.41. The van der Waals surface area contributed by atoms with Gasteiger partial charge in [0.2, 0.25) is 0 Å². The van der Waals surface area contributed by atoms with E-state index in [2.05, 4.69) is 9.69 Å². The van der Waals surface area contributed by atoms with Crippen molar-refractivity contribution in [3.8, 4) is 0 Å². The van der Waals surface area contributed by atoms with Gasteiger partial charge in [-0.15, -0.1) is 0 Å². The van der Waals surface area contributed by atoms with Crippen LogP contribution in [0, 0.1) is 7.43 Å². The van der Waals surface area contributed by atoms with E-state index < -0.39 is 0 Å². The molecule has 0 heterocycles. The maximum absolute atomic E-state index is 6.26. The van der Waals surface area contributed by atoms with Gasteiger partial charge in [0.1, 0.15) is 0 Å². The number of hydrogen-bond acceptors (Lipinski definition) is 0. The van der Waals surface area contributed by atoms with Gasteiger partial charge in [0, 0.05) is 0 Å². The zero-order valence-electron chi connectivity index (χ0n) is 4.15. The summed E-state index contributed by atoms with van der Waals surface area (Å²) in [6, 6.07) is 0. The van der Waals surface area contributed by atoms with Gasteiger partial charge in [0.05, 0.1) is 0 Å². The molecule has 0 bridgehead atoms. The summed E-state index contributed by atoms with van der Waals surface area (Å²) in [5.41, 5.74) is 12.5. The first-order valence-corrected chi connectivity index (χ1v) is 3.58. The first-order valence-electron chi connectivity index (χ1n) is 1.34. The van der Waals surface area contributed by atoms with Crippen molar-refractivity contribution in [2.24, 2.45) is 0 Å². The summed E-state index contributed by atoms with van der Waals surface area (Å²) in [6.07, 6.45) is 0. The van der Waals surface area contributed by atoms with Gasteiger partial charge in [0.15, 0.2) is 0 Å². The molecule has 0 rings (SSSR count). The first-order chi connectivity index (χ1) is 2.91. The normalized spacial score (nSPS) is 5.00. The Balaban J connectivity index is -0.0000000480.